The summed E-state index contributed by atoms with van der Waals surface area (Å²) in [5, 5.41) is 3.02. The van der Waals surface area contributed by atoms with E-state index in [0.29, 0.717) is 18.5 Å². The van der Waals surface area contributed by atoms with Crippen LogP contribution in [-0.4, -0.2) is 38.8 Å². The van der Waals surface area contributed by atoms with Gasteiger partial charge >= 0.3 is 0 Å². The smallest absolute Gasteiger partial charge is 0.245 e. The summed E-state index contributed by atoms with van der Waals surface area (Å²) in [4.78, 5) is 14.7. The number of amides is 1. The molecule has 3 aromatic rings. The van der Waals surface area contributed by atoms with E-state index in [0.717, 1.165) is 17.4 Å². The summed E-state index contributed by atoms with van der Waals surface area (Å²) in [7, 11) is -1.99. The summed E-state index contributed by atoms with van der Waals surface area (Å²) < 4.78 is 40.9. The largest absolute Gasteiger partial charge is 0.343 e. The monoisotopic (exact) mass is 467 g/mol. The van der Waals surface area contributed by atoms with Gasteiger partial charge in [0.25, 0.3) is 0 Å². The van der Waals surface area contributed by atoms with E-state index in [2.05, 4.69) is 5.32 Å². The minimum absolute atomic E-state index is 0.146. The Morgan fingerprint density at radius 3 is 2.24 bits per heavy atom. The molecular weight excluding hydrogens is 441 g/mol. The zero-order valence-electron chi connectivity index (χ0n) is 18.3. The first-order chi connectivity index (χ1) is 15.9. The van der Waals surface area contributed by atoms with Crippen molar-refractivity contribution in [2.24, 2.45) is 5.92 Å². The minimum Gasteiger partial charge on any atom is -0.343 e. The van der Waals surface area contributed by atoms with Crippen LogP contribution in [0.15, 0.2) is 83.8 Å². The molecule has 1 heterocycles. The molecule has 1 N–H and O–H groups in total. The molecule has 3 aromatic carbocycles. The molecule has 0 saturated carbocycles. The second kappa shape index (κ2) is 9.72. The Hall–Kier alpha value is -3.23. The minimum atomic E-state index is -3.93. The highest BCUT2D eigenvalue weighted by atomic mass is 32.2. The maximum Gasteiger partial charge on any atom is 0.245 e. The van der Waals surface area contributed by atoms with E-state index in [-0.39, 0.29) is 29.8 Å². The maximum absolute atomic E-state index is 14.0. The predicted octanol–water partition coefficient (Wildman–Crippen LogP) is 4.63. The Morgan fingerprint density at radius 1 is 0.939 bits per heavy atom. The number of hydrogen-bond donors (Lipinski definition) is 1. The molecular formula is C25H26FN3O3S. The summed E-state index contributed by atoms with van der Waals surface area (Å²) in [6.07, 6.45) is 0.742. The van der Waals surface area contributed by atoms with Crippen molar-refractivity contribution in [2.75, 3.05) is 30.4 Å². The normalized spacial score (nSPS) is 15.2. The lowest BCUT2D eigenvalue weighted by molar-refractivity contribution is -0.120. The fraction of sp³-hybridized carbons (Fsp3) is 0.240. The van der Waals surface area contributed by atoms with Gasteiger partial charge < -0.3 is 10.2 Å². The number of hydrogen-bond acceptors (Lipinski definition) is 4. The molecule has 4 rings (SSSR count). The number of rotatable bonds is 6. The van der Waals surface area contributed by atoms with Crippen LogP contribution in [0.3, 0.4) is 0 Å². The van der Waals surface area contributed by atoms with Gasteiger partial charge in [-0.3, -0.25) is 4.79 Å². The van der Waals surface area contributed by atoms with Crippen molar-refractivity contribution in [1.29, 1.82) is 0 Å². The van der Waals surface area contributed by atoms with Gasteiger partial charge in [-0.25, -0.2) is 12.8 Å². The maximum atomic E-state index is 14.0. The Morgan fingerprint density at radius 2 is 1.55 bits per heavy atom. The average molecular weight is 468 g/mol. The van der Waals surface area contributed by atoms with E-state index in [1.165, 1.54) is 22.5 Å². The average Bonchev–Trinajstić information content (AvgIpc) is 2.84. The second-order valence-electron chi connectivity index (χ2n) is 8.01. The summed E-state index contributed by atoms with van der Waals surface area (Å²) in [5.41, 5.74) is 2.54. The summed E-state index contributed by atoms with van der Waals surface area (Å²) >= 11 is 0. The molecule has 8 heteroatoms. The van der Waals surface area contributed by atoms with Crippen LogP contribution in [0.4, 0.5) is 21.5 Å². The molecule has 0 atom stereocenters. The van der Waals surface area contributed by atoms with Gasteiger partial charge in [-0.05, 0) is 49.2 Å². The quantitative estimate of drug-likeness (QED) is 0.574. The van der Waals surface area contributed by atoms with Gasteiger partial charge in [0.15, 0.2) is 0 Å². The third kappa shape index (κ3) is 4.91. The molecule has 0 aromatic heterocycles. The number of nitrogens with zero attached hydrogens (tertiary/aromatic N) is 2. The van der Waals surface area contributed by atoms with E-state index in [4.69, 9.17) is 0 Å². The molecule has 1 saturated heterocycles. The molecule has 6 nitrogen and oxygen atoms in total. The van der Waals surface area contributed by atoms with Crippen molar-refractivity contribution in [3.8, 4) is 0 Å². The van der Waals surface area contributed by atoms with Gasteiger partial charge in [-0.15, -0.1) is 0 Å². The molecule has 1 aliphatic rings. The van der Waals surface area contributed by atoms with Crippen LogP contribution in [0.1, 0.15) is 12.8 Å². The fourth-order valence-electron chi connectivity index (χ4n) is 4.05. The molecule has 172 valence electrons. The number of anilines is 3. The first-order valence-corrected chi connectivity index (χ1v) is 12.3. The number of carbonyl (C=O) groups is 1. The van der Waals surface area contributed by atoms with Crippen LogP contribution >= 0.6 is 0 Å². The van der Waals surface area contributed by atoms with Crippen LogP contribution in [0.25, 0.3) is 0 Å². The lowest BCUT2D eigenvalue weighted by Gasteiger charge is -2.31. The van der Waals surface area contributed by atoms with Crippen LogP contribution in [0.5, 0.6) is 0 Å². The highest BCUT2D eigenvalue weighted by molar-refractivity contribution is 7.89. The molecule has 1 aliphatic heterocycles. The Labute approximate surface area is 193 Å². The third-order valence-electron chi connectivity index (χ3n) is 5.95. The van der Waals surface area contributed by atoms with Crippen LogP contribution in [-0.2, 0) is 14.8 Å². The lowest BCUT2D eigenvalue weighted by atomic mass is 9.97. The molecule has 0 unspecified atom stereocenters. The zero-order chi connectivity index (χ0) is 23.4. The molecule has 1 amide bonds. The van der Waals surface area contributed by atoms with Crippen molar-refractivity contribution in [3.63, 3.8) is 0 Å². The van der Waals surface area contributed by atoms with Crippen LogP contribution in [0, 0.1) is 11.7 Å². The second-order valence-corrected chi connectivity index (χ2v) is 9.92. The number of nitrogens with one attached hydrogen (secondary N) is 1. The molecule has 0 bridgehead atoms. The van der Waals surface area contributed by atoms with Crippen molar-refractivity contribution >= 4 is 33.0 Å². The van der Waals surface area contributed by atoms with Gasteiger partial charge in [-0.2, -0.15) is 4.31 Å². The zero-order valence-corrected chi connectivity index (χ0v) is 19.1. The van der Waals surface area contributed by atoms with E-state index >= 15 is 0 Å². The van der Waals surface area contributed by atoms with E-state index in [9.17, 15) is 17.6 Å². The number of carbonyl (C=O) groups excluding carboxylic acids is 1. The summed E-state index contributed by atoms with van der Waals surface area (Å²) in [6.45, 7) is 0.334. The predicted molar refractivity (Wildman–Crippen MR) is 127 cm³/mol. The van der Waals surface area contributed by atoms with Crippen molar-refractivity contribution in [3.05, 3.63) is 84.7 Å². The molecule has 0 aliphatic carbocycles. The van der Waals surface area contributed by atoms with Crippen molar-refractivity contribution < 1.29 is 17.6 Å². The summed E-state index contributed by atoms with van der Waals surface area (Å²) in [5.74, 6) is -1.24. The number of piperidine rings is 1. The highest BCUT2D eigenvalue weighted by Gasteiger charge is 2.33. The van der Waals surface area contributed by atoms with E-state index in [1.54, 1.807) is 0 Å². The lowest BCUT2D eigenvalue weighted by Crippen LogP contribution is -2.41. The SMILES string of the molecule is CN(c1ccccc1)c1ccccc1NC(=O)C1CCN(S(=O)(=O)c2ccccc2F)CC1. The number of benzene rings is 3. The van der Waals surface area contributed by atoms with Gasteiger partial charge in [0, 0.05) is 31.7 Å². The van der Waals surface area contributed by atoms with Gasteiger partial charge in [0.2, 0.25) is 15.9 Å². The Kier molecular flexibility index (Phi) is 6.76. The van der Waals surface area contributed by atoms with E-state index in [1.807, 2.05) is 66.5 Å². The Balaban J connectivity index is 1.43. The fourth-order valence-corrected chi connectivity index (χ4v) is 5.58. The topological polar surface area (TPSA) is 69.7 Å². The van der Waals surface area contributed by atoms with Crippen molar-refractivity contribution in [1.82, 2.24) is 4.31 Å². The van der Waals surface area contributed by atoms with Crippen molar-refractivity contribution in [2.45, 2.75) is 17.7 Å². The van der Waals surface area contributed by atoms with Crippen LogP contribution < -0.4 is 10.2 Å². The van der Waals surface area contributed by atoms with Gasteiger partial charge in [0.05, 0.1) is 11.4 Å². The number of halogens is 1. The van der Waals surface area contributed by atoms with Gasteiger partial charge in [0.1, 0.15) is 10.7 Å². The van der Waals surface area contributed by atoms with Crippen LogP contribution in [0.2, 0.25) is 0 Å². The Bertz CT molecular complexity index is 1230. The molecule has 33 heavy (non-hydrogen) atoms. The van der Waals surface area contributed by atoms with Gasteiger partial charge in [-0.1, -0.05) is 42.5 Å². The summed E-state index contributed by atoms with van der Waals surface area (Å²) in [6, 6.07) is 22.8. The first-order valence-electron chi connectivity index (χ1n) is 10.8. The standard InChI is InChI=1S/C25H26FN3O3S/c1-28(20-9-3-2-4-10-20)23-13-7-6-12-22(23)27-25(30)19-15-17-29(18-16-19)33(31,32)24-14-8-5-11-21(24)26/h2-14,19H,15-18H2,1H3,(H,27,30). The van der Waals surface area contributed by atoms with E-state index < -0.39 is 15.8 Å². The number of sulfonamides is 1. The molecule has 1 fully saturated rings. The third-order valence-corrected chi connectivity index (χ3v) is 7.88. The molecule has 0 spiro atoms. The number of para-hydroxylation sites is 3. The highest BCUT2D eigenvalue weighted by Crippen LogP contribution is 2.32. The first kappa shape index (κ1) is 22.9. The molecule has 0 radical (unpaired) electrons.